The minimum absolute atomic E-state index is 0.0468. The van der Waals surface area contributed by atoms with Crippen LogP contribution in [-0.2, 0) is 11.3 Å². The van der Waals surface area contributed by atoms with Crippen LogP contribution in [0.2, 0.25) is 0 Å². The molecule has 1 fully saturated rings. The lowest BCUT2D eigenvalue weighted by Gasteiger charge is -2.25. The maximum absolute atomic E-state index is 13.3. The maximum Gasteiger partial charge on any atom is 0.243 e. The van der Waals surface area contributed by atoms with Gasteiger partial charge < -0.3 is 14.2 Å². The van der Waals surface area contributed by atoms with Crippen LogP contribution in [0.5, 0.6) is 5.75 Å². The number of likely N-dealkylation sites (tertiary alicyclic amines) is 1. The average molecular weight is 440 g/mol. The topological polar surface area (TPSA) is 64.4 Å². The molecule has 4 aromatic rings. The Morgan fingerprint density at radius 3 is 2.61 bits per heavy atom. The fraction of sp³-hybridized carbons (Fsp3) is 0.222. The Labute approximate surface area is 192 Å². The second-order valence-electron chi connectivity index (χ2n) is 8.28. The minimum atomic E-state index is -0.0941. The molecule has 6 heteroatoms. The smallest absolute Gasteiger partial charge is 0.243 e. The number of ketones is 1. The monoisotopic (exact) mass is 439 g/mol. The Morgan fingerprint density at radius 1 is 1.06 bits per heavy atom. The lowest BCUT2D eigenvalue weighted by Crippen LogP contribution is -2.33. The van der Waals surface area contributed by atoms with Crippen LogP contribution in [0.4, 0.5) is 0 Å². The fourth-order valence-corrected chi connectivity index (χ4v) is 4.67. The van der Waals surface area contributed by atoms with Crippen molar-refractivity contribution in [1.29, 1.82) is 0 Å². The third-order valence-corrected chi connectivity index (χ3v) is 6.34. The summed E-state index contributed by atoms with van der Waals surface area (Å²) in [4.78, 5) is 32.8. The van der Waals surface area contributed by atoms with E-state index in [1.165, 1.54) is 0 Å². The second-order valence-corrected chi connectivity index (χ2v) is 8.28. The van der Waals surface area contributed by atoms with Gasteiger partial charge in [-0.1, -0.05) is 30.3 Å². The molecule has 0 radical (unpaired) electrons. The van der Waals surface area contributed by atoms with E-state index in [4.69, 9.17) is 4.74 Å². The van der Waals surface area contributed by atoms with E-state index in [1.807, 2.05) is 33.7 Å². The van der Waals surface area contributed by atoms with Crippen LogP contribution < -0.4 is 4.74 Å². The van der Waals surface area contributed by atoms with Gasteiger partial charge >= 0.3 is 0 Å². The summed E-state index contributed by atoms with van der Waals surface area (Å²) in [6.07, 6.45) is 7.12. The number of methoxy groups -OCH3 is 1. The number of carbonyl (C=O) groups is 2. The Bertz CT molecular complexity index is 1300. The fourth-order valence-electron chi connectivity index (χ4n) is 4.67. The normalized spacial score (nSPS) is 15.7. The highest BCUT2D eigenvalue weighted by molar-refractivity contribution is 6.16. The van der Waals surface area contributed by atoms with Gasteiger partial charge in [0.15, 0.2) is 5.78 Å². The van der Waals surface area contributed by atoms with Crippen LogP contribution in [0.15, 0.2) is 79.3 Å². The van der Waals surface area contributed by atoms with Crippen molar-refractivity contribution in [1.82, 2.24) is 14.5 Å². The molecule has 1 amide bonds. The third kappa shape index (κ3) is 4.00. The van der Waals surface area contributed by atoms with E-state index in [0.29, 0.717) is 16.9 Å². The standard InChI is InChI=1S/C27H25N3O3/c1-33-21-11-9-20(10-12-21)27(32)23-17-29(25-16-28-14-13-22(23)25)18-26(31)30-15-5-8-24(30)19-6-3-2-4-7-19/h2-4,6-7,9-14,16-17,24H,5,8,15,18H2,1H3. The van der Waals surface area contributed by atoms with E-state index in [1.54, 1.807) is 50.0 Å². The van der Waals surface area contributed by atoms with Crippen LogP contribution in [0.3, 0.4) is 0 Å². The van der Waals surface area contributed by atoms with Gasteiger partial charge in [0, 0.05) is 35.5 Å². The first kappa shape index (κ1) is 20.9. The summed E-state index contributed by atoms with van der Waals surface area (Å²) < 4.78 is 7.05. The highest BCUT2D eigenvalue weighted by atomic mass is 16.5. The molecule has 2 aromatic carbocycles. The number of rotatable bonds is 6. The van der Waals surface area contributed by atoms with Crippen molar-refractivity contribution in [2.24, 2.45) is 0 Å². The number of pyridine rings is 1. The van der Waals surface area contributed by atoms with Crippen molar-refractivity contribution in [3.8, 4) is 5.75 Å². The zero-order valence-electron chi connectivity index (χ0n) is 18.5. The molecule has 166 valence electrons. The summed E-state index contributed by atoms with van der Waals surface area (Å²) in [5.41, 5.74) is 3.07. The van der Waals surface area contributed by atoms with Crippen LogP contribution in [-0.4, -0.2) is 39.8 Å². The Morgan fingerprint density at radius 2 is 1.85 bits per heavy atom. The summed E-state index contributed by atoms with van der Waals surface area (Å²) in [7, 11) is 1.59. The molecule has 3 heterocycles. The molecule has 0 aliphatic carbocycles. The Hall–Kier alpha value is -3.93. The molecule has 1 saturated heterocycles. The molecule has 1 unspecified atom stereocenters. The zero-order valence-corrected chi connectivity index (χ0v) is 18.5. The number of hydrogen-bond donors (Lipinski definition) is 0. The van der Waals surface area contributed by atoms with Crippen molar-refractivity contribution < 1.29 is 14.3 Å². The van der Waals surface area contributed by atoms with E-state index in [9.17, 15) is 9.59 Å². The van der Waals surface area contributed by atoms with E-state index in [0.717, 1.165) is 35.9 Å². The molecule has 5 rings (SSSR count). The van der Waals surface area contributed by atoms with Gasteiger partial charge in [-0.3, -0.25) is 14.6 Å². The molecular formula is C27H25N3O3. The van der Waals surface area contributed by atoms with Crippen LogP contribution >= 0.6 is 0 Å². The van der Waals surface area contributed by atoms with Crippen molar-refractivity contribution >= 4 is 22.6 Å². The van der Waals surface area contributed by atoms with E-state index in [-0.39, 0.29) is 24.3 Å². The minimum Gasteiger partial charge on any atom is -0.497 e. The first-order valence-electron chi connectivity index (χ1n) is 11.1. The zero-order chi connectivity index (χ0) is 22.8. The Balaban J connectivity index is 1.44. The average Bonchev–Trinajstić information content (AvgIpc) is 3.50. The van der Waals surface area contributed by atoms with Crippen LogP contribution in [0, 0.1) is 0 Å². The molecule has 1 atom stereocenters. The summed E-state index contributed by atoms with van der Waals surface area (Å²) >= 11 is 0. The molecule has 0 N–H and O–H groups in total. The van der Waals surface area contributed by atoms with Crippen molar-refractivity contribution in [3.05, 3.63) is 95.9 Å². The third-order valence-electron chi connectivity index (χ3n) is 6.34. The number of benzene rings is 2. The first-order chi connectivity index (χ1) is 16.2. The molecule has 1 aliphatic heterocycles. The number of carbonyl (C=O) groups excluding carboxylic acids is 2. The number of ether oxygens (including phenoxy) is 1. The van der Waals surface area contributed by atoms with E-state index in [2.05, 4.69) is 17.1 Å². The molecule has 0 bridgehead atoms. The van der Waals surface area contributed by atoms with Crippen molar-refractivity contribution in [3.63, 3.8) is 0 Å². The number of aromatic nitrogens is 2. The largest absolute Gasteiger partial charge is 0.497 e. The first-order valence-corrected chi connectivity index (χ1v) is 11.1. The van der Waals surface area contributed by atoms with Gasteiger partial charge in [0.2, 0.25) is 5.91 Å². The molecule has 33 heavy (non-hydrogen) atoms. The Kier molecular flexibility index (Phi) is 5.65. The van der Waals surface area contributed by atoms with Crippen molar-refractivity contribution in [2.75, 3.05) is 13.7 Å². The summed E-state index contributed by atoms with van der Waals surface area (Å²) in [5.74, 6) is 0.649. The number of nitrogens with zero attached hydrogens (tertiary/aromatic N) is 3. The van der Waals surface area contributed by atoms with Gasteiger partial charge in [-0.15, -0.1) is 0 Å². The molecule has 0 saturated carbocycles. The van der Waals surface area contributed by atoms with Crippen molar-refractivity contribution in [2.45, 2.75) is 25.4 Å². The molecule has 1 aliphatic rings. The highest BCUT2D eigenvalue weighted by Gasteiger charge is 2.30. The van der Waals surface area contributed by atoms with Gasteiger partial charge in [-0.25, -0.2) is 0 Å². The van der Waals surface area contributed by atoms with Crippen LogP contribution in [0.25, 0.3) is 10.9 Å². The number of fused-ring (bicyclic) bond motifs is 1. The maximum atomic E-state index is 13.3. The lowest BCUT2D eigenvalue weighted by molar-refractivity contribution is -0.132. The molecule has 0 spiro atoms. The number of amides is 1. The van der Waals surface area contributed by atoms with Gasteiger partial charge in [-0.05, 0) is 48.7 Å². The predicted molar refractivity (Wildman–Crippen MR) is 126 cm³/mol. The molecular weight excluding hydrogens is 414 g/mol. The number of hydrogen-bond acceptors (Lipinski definition) is 4. The molecule has 2 aromatic heterocycles. The lowest BCUT2D eigenvalue weighted by atomic mass is 10.0. The predicted octanol–water partition coefficient (Wildman–Crippen LogP) is 4.64. The summed E-state index contributed by atoms with van der Waals surface area (Å²) in [6.45, 7) is 0.912. The van der Waals surface area contributed by atoms with Gasteiger partial charge in [0.25, 0.3) is 0 Å². The van der Waals surface area contributed by atoms with Gasteiger partial charge in [-0.2, -0.15) is 0 Å². The highest BCUT2D eigenvalue weighted by Crippen LogP contribution is 2.32. The second kappa shape index (κ2) is 8.90. The molecule has 6 nitrogen and oxygen atoms in total. The van der Waals surface area contributed by atoms with E-state index >= 15 is 0 Å². The summed E-state index contributed by atoms with van der Waals surface area (Å²) in [6, 6.07) is 19.2. The van der Waals surface area contributed by atoms with Gasteiger partial charge in [0.1, 0.15) is 12.3 Å². The van der Waals surface area contributed by atoms with E-state index < -0.39 is 0 Å². The SMILES string of the molecule is COc1ccc(C(=O)c2cn(CC(=O)N3CCCC3c3ccccc3)c3cnccc23)cc1. The quantitative estimate of drug-likeness (QED) is 0.411. The van der Waals surface area contributed by atoms with Crippen LogP contribution in [0.1, 0.15) is 40.4 Å². The van der Waals surface area contributed by atoms with Gasteiger partial charge in [0.05, 0.1) is 24.9 Å². The summed E-state index contributed by atoms with van der Waals surface area (Å²) in [5, 5.41) is 0.791.